The second-order valence-electron chi connectivity index (χ2n) is 5.88. The molecule has 0 radical (unpaired) electrons. The molecule has 0 amide bonds. The number of benzene rings is 1. The Labute approximate surface area is 133 Å². The molecular weight excluding hydrogens is 330 g/mol. The minimum Gasteiger partial charge on any atom is -0.316 e. The number of rotatable bonds is 3. The van der Waals surface area contributed by atoms with Crippen LogP contribution in [0.5, 0.6) is 0 Å². The van der Waals surface area contributed by atoms with E-state index >= 15 is 0 Å². The minimum absolute atomic E-state index is 0.0335. The molecule has 22 heavy (non-hydrogen) atoms. The summed E-state index contributed by atoms with van der Waals surface area (Å²) in [7, 11) is -3.89. The lowest BCUT2D eigenvalue weighted by molar-refractivity contribution is -0.387. The van der Waals surface area contributed by atoms with Gasteiger partial charge in [0.1, 0.15) is 0 Å². The first-order valence-electron chi connectivity index (χ1n) is 6.99. The molecule has 1 unspecified atom stereocenters. The molecule has 2 heterocycles. The van der Waals surface area contributed by atoms with Crippen LogP contribution < -0.4 is 5.32 Å². The Balaban J connectivity index is 1.96. The van der Waals surface area contributed by atoms with Gasteiger partial charge in [-0.25, -0.2) is 8.42 Å². The molecule has 0 aliphatic carbocycles. The van der Waals surface area contributed by atoms with Crippen molar-refractivity contribution in [1.82, 2.24) is 9.62 Å². The quantitative estimate of drug-likeness (QED) is 0.663. The predicted octanol–water partition coefficient (Wildman–Crippen LogP) is 1.62. The molecule has 3 rings (SSSR count). The molecule has 1 aromatic carbocycles. The van der Waals surface area contributed by atoms with Gasteiger partial charge in [-0.1, -0.05) is 11.6 Å². The third-order valence-electron chi connectivity index (χ3n) is 4.47. The summed E-state index contributed by atoms with van der Waals surface area (Å²) in [4.78, 5) is 10.1. The Morgan fingerprint density at radius 2 is 2.14 bits per heavy atom. The molecule has 0 saturated carbocycles. The highest BCUT2D eigenvalue weighted by atomic mass is 35.5. The first-order valence-corrected chi connectivity index (χ1v) is 8.81. The van der Waals surface area contributed by atoms with Gasteiger partial charge in [0.15, 0.2) is 4.90 Å². The van der Waals surface area contributed by atoms with E-state index in [1.165, 1.54) is 16.4 Å². The van der Waals surface area contributed by atoms with Gasteiger partial charge < -0.3 is 5.32 Å². The molecule has 0 aromatic heterocycles. The van der Waals surface area contributed by atoms with Crippen molar-refractivity contribution < 1.29 is 13.3 Å². The molecule has 1 spiro atoms. The van der Waals surface area contributed by atoms with E-state index in [9.17, 15) is 18.5 Å². The second kappa shape index (κ2) is 5.45. The standard InChI is InChI=1S/C13H16ClN3O4S/c14-10-1-2-12(11(7-10)17(18)19)22(20,21)16-6-4-13(9-16)3-5-15-8-13/h1-2,7,15H,3-6,8-9H2. The van der Waals surface area contributed by atoms with Gasteiger partial charge in [0.25, 0.3) is 5.69 Å². The highest BCUT2D eigenvalue weighted by Gasteiger charge is 2.45. The van der Waals surface area contributed by atoms with E-state index in [2.05, 4.69) is 5.32 Å². The van der Waals surface area contributed by atoms with Gasteiger partial charge in [-0.3, -0.25) is 10.1 Å². The molecule has 1 aromatic rings. The van der Waals surface area contributed by atoms with Crippen molar-refractivity contribution in [2.75, 3.05) is 26.2 Å². The van der Waals surface area contributed by atoms with Crippen molar-refractivity contribution in [1.29, 1.82) is 0 Å². The summed E-state index contributed by atoms with van der Waals surface area (Å²) in [5.74, 6) is 0. The summed E-state index contributed by atoms with van der Waals surface area (Å²) in [5, 5.41) is 14.5. The van der Waals surface area contributed by atoms with Crippen LogP contribution in [0, 0.1) is 15.5 Å². The fourth-order valence-electron chi connectivity index (χ4n) is 3.23. The van der Waals surface area contributed by atoms with Crippen LogP contribution in [0.1, 0.15) is 12.8 Å². The Morgan fingerprint density at radius 3 is 2.77 bits per heavy atom. The number of hydrogen-bond acceptors (Lipinski definition) is 5. The van der Waals surface area contributed by atoms with Crippen molar-refractivity contribution in [2.24, 2.45) is 5.41 Å². The van der Waals surface area contributed by atoms with Crippen LogP contribution in [0.15, 0.2) is 23.1 Å². The molecular formula is C13H16ClN3O4S. The maximum atomic E-state index is 12.8. The number of sulfonamides is 1. The molecule has 2 aliphatic heterocycles. The molecule has 0 bridgehead atoms. The van der Waals surface area contributed by atoms with E-state index in [0.717, 1.165) is 32.0 Å². The molecule has 2 fully saturated rings. The van der Waals surface area contributed by atoms with E-state index in [-0.39, 0.29) is 15.3 Å². The Bertz CT molecular complexity index is 716. The van der Waals surface area contributed by atoms with Crippen molar-refractivity contribution in [2.45, 2.75) is 17.7 Å². The first-order chi connectivity index (χ1) is 10.3. The van der Waals surface area contributed by atoms with Crippen LogP contribution in [0.3, 0.4) is 0 Å². The van der Waals surface area contributed by atoms with E-state index < -0.39 is 20.6 Å². The molecule has 1 N–H and O–H groups in total. The monoisotopic (exact) mass is 345 g/mol. The minimum atomic E-state index is -3.89. The van der Waals surface area contributed by atoms with Gasteiger partial charge in [0.2, 0.25) is 10.0 Å². The number of nitrogens with zero attached hydrogens (tertiary/aromatic N) is 2. The van der Waals surface area contributed by atoms with Crippen molar-refractivity contribution in [3.63, 3.8) is 0 Å². The average Bonchev–Trinajstić information content (AvgIpc) is 3.09. The van der Waals surface area contributed by atoms with Crippen LogP contribution in [-0.2, 0) is 10.0 Å². The second-order valence-corrected chi connectivity index (χ2v) is 8.23. The van der Waals surface area contributed by atoms with Gasteiger partial charge in [-0.2, -0.15) is 4.31 Å². The summed E-state index contributed by atoms with van der Waals surface area (Å²) < 4.78 is 26.9. The number of hydrogen-bond donors (Lipinski definition) is 1. The molecule has 1 atom stereocenters. The van der Waals surface area contributed by atoms with Crippen LogP contribution >= 0.6 is 11.6 Å². The predicted molar refractivity (Wildman–Crippen MR) is 81.4 cm³/mol. The largest absolute Gasteiger partial charge is 0.316 e. The van der Waals surface area contributed by atoms with Crippen molar-refractivity contribution in [3.05, 3.63) is 33.3 Å². The lowest BCUT2D eigenvalue weighted by atomic mass is 9.87. The van der Waals surface area contributed by atoms with Crippen LogP contribution in [0.25, 0.3) is 0 Å². The van der Waals surface area contributed by atoms with Gasteiger partial charge in [-0.15, -0.1) is 0 Å². The van der Waals surface area contributed by atoms with Gasteiger partial charge in [0.05, 0.1) is 4.92 Å². The number of halogens is 1. The molecule has 2 saturated heterocycles. The van der Waals surface area contributed by atoms with E-state index in [0.29, 0.717) is 13.1 Å². The lowest BCUT2D eigenvalue weighted by Crippen LogP contribution is -2.33. The van der Waals surface area contributed by atoms with Crippen molar-refractivity contribution >= 4 is 27.3 Å². The summed E-state index contributed by atoms with van der Waals surface area (Å²) >= 11 is 5.75. The van der Waals surface area contributed by atoms with Crippen LogP contribution in [-0.4, -0.2) is 43.8 Å². The summed E-state index contributed by atoms with van der Waals surface area (Å²) in [6.07, 6.45) is 1.71. The maximum absolute atomic E-state index is 12.8. The fraction of sp³-hybridized carbons (Fsp3) is 0.538. The third-order valence-corrected chi connectivity index (χ3v) is 6.60. The Morgan fingerprint density at radius 1 is 1.36 bits per heavy atom. The van der Waals surface area contributed by atoms with Crippen LogP contribution in [0.2, 0.25) is 5.02 Å². The van der Waals surface area contributed by atoms with Crippen molar-refractivity contribution in [3.8, 4) is 0 Å². The SMILES string of the molecule is O=[N+]([O-])c1cc(Cl)ccc1S(=O)(=O)N1CCC2(CCNC2)C1. The van der Waals surface area contributed by atoms with Crippen LogP contribution in [0.4, 0.5) is 5.69 Å². The summed E-state index contributed by atoms with van der Waals surface area (Å²) in [6, 6.07) is 3.66. The zero-order valence-electron chi connectivity index (χ0n) is 11.8. The Kier molecular flexibility index (Phi) is 3.88. The summed E-state index contributed by atoms with van der Waals surface area (Å²) in [5.41, 5.74) is -0.508. The third kappa shape index (κ3) is 2.60. The van der Waals surface area contributed by atoms with E-state index in [1.807, 2.05) is 0 Å². The molecule has 9 heteroatoms. The fourth-order valence-corrected chi connectivity index (χ4v) is 5.09. The maximum Gasteiger partial charge on any atom is 0.290 e. The first kappa shape index (κ1) is 15.7. The van der Waals surface area contributed by atoms with E-state index in [4.69, 9.17) is 11.6 Å². The zero-order valence-corrected chi connectivity index (χ0v) is 13.4. The molecule has 120 valence electrons. The normalized spacial score (nSPS) is 25.9. The Hall–Kier alpha value is -1.22. The van der Waals surface area contributed by atoms with Gasteiger partial charge >= 0.3 is 0 Å². The smallest absolute Gasteiger partial charge is 0.290 e. The molecule has 7 nitrogen and oxygen atoms in total. The lowest BCUT2D eigenvalue weighted by Gasteiger charge is -2.22. The van der Waals surface area contributed by atoms with Gasteiger partial charge in [-0.05, 0) is 36.9 Å². The van der Waals surface area contributed by atoms with E-state index in [1.54, 1.807) is 0 Å². The topological polar surface area (TPSA) is 92.5 Å². The number of nitro groups is 1. The zero-order chi connectivity index (χ0) is 16.0. The highest BCUT2D eigenvalue weighted by molar-refractivity contribution is 7.89. The highest BCUT2D eigenvalue weighted by Crippen LogP contribution is 2.39. The summed E-state index contributed by atoms with van der Waals surface area (Å²) in [6.45, 7) is 2.47. The number of nitro benzene ring substituents is 1. The number of nitrogens with one attached hydrogen (secondary N) is 1. The average molecular weight is 346 g/mol. The van der Waals surface area contributed by atoms with Gasteiger partial charge in [0, 0.05) is 30.7 Å². The molecule has 2 aliphatic rings.